The number of hydrogen-bond acceptors (Lipinski definition) is 3. The van der Waals surface area contributed by atoms with E-state index in [2.05, 4.69) is 10.4 Å². The molecule has 1 aliphatic carbocycles. The number of benzene rings is 1. The molecule has 1 amide bonds. The van der Waals surface area contributed by atoms with Crippen molar-refractivity contribution in [2.45, 2.75) is 45.1 Å². The monoisotopic (exact) mass is 360 g/mol. The molecule has 0 spiro atoms. The third-order valence-corrected chi connectivity index (χ3v) is 5.28. The minimum Gasteiger partial charge on any atom is -0.348 e. The van der Waals surface area contributed by atoms with Gasteiger partial charge in [-0.3, -0.25) is 4.79 Å². The molecule has 134 valence electrons. The average molecular weight is 361 g/mol. The highest BCUT2D eigenvalue weighted by atomic mass is 35.5. The van der Waals surface area contributed by atoms with E-state index in [0.717, 1.165) is 18.5 Å². The summed E-state index contributed by atoms with van der Waals surface area (Å²) in [6, 6.07) is 7.40. The van der Waals surface area contributed by atoms with Crippen LogP contribution in [0, 0.1) is 12.8 Å². The largest absolute Gasteiger partial charge is 0.348 e. The van der Waals surface area contributed by atoms with E-state index >= 15 is 0 Å². The van der Waals surface area contributed by atoms with Crippen molar-refractivity contribution in [2.24, 2.45) is 11.7 Å². The van der Waals surface area contributed by atoms with Crippen LogP contribution in [0.5, 0.6) is 0 Å². The number of aryl methyl sites for hydroxylation is 1. The summed E-state index contributed by atoms with van der Waals surface area (Å²) in [5, 5.41) is 8.26. The van der Waals surface area contributed by atoms with Crippen LogP contribution in [0.25, 0.3) is 5.69 Å². The van der Waals surface area contributed by atoms with Gasteiger partial charge in [0.2, 0.25) is 0 Å². The lowest BCUT2D eigenvalue weighted by molar-refractivity contribution is 0.0915. The minimum absolute atomic E-state index is 0.0334. The van der Waals surface area contributed by atoms with Gasteiger partial charge in [0, 0.05) is 23.8 Å². The molecule has 5 nitrogen and oxygen atoms in total. The number of halogens is 1. The van der Waals surface area contributed by atoms with E-state index in [1.807, 2.05) is 19.1 Å². The predicted molar refractivity (Wildman–Crippen MR) is 100 cm³/mol. The molecule has 1 fully saturated rings. The smallest absolute Gasteiger partial charge is 0.255 e. The van der Waals surface area contributed by atoms with E-state index in [4.69, 9.17) is 17.3 Å². The Bertz CT molecular complexity index is 720. The first-order valence-electron chi connectivity index (χ1n) is 8.91. The third kappa shape index (κ3) is 4.22. The Morgan fingerprint density at radius 1 is 1.32 bits per heavy atom. The lowest BCUT2D eigenvalue weighted by atomic mass is 9.84. The Balaban J connectivity index is 1.74. The highest BCUT2D eigenvalue weighted by molar-refractivity contribution is 6.30. The van der Waals surface area contributed by atoms with Crippen molar-refractivity contribution in [2.75, 3.05) is 6.54 Å². The van der Waals surface area contributed by atoms with Crippen molar-refractivity contribution in [3.8, 4) is 5.69 Å². The number of rotatable bonds is 5. The van der Waals surface area contributed by atoms with Crippen molar-refractivity contribution in [1.82, 2.24) is 15.1 Å². The molecule has 3 N–H and O–H groups in total. The van der Waals surface area contributed by atoms with Crippen LogP contribution < -0.4 is 11.1 Å². The number of carbonyl (C=O) groups is 1. The summed E-state index contributed by atoms with van der Waals surface area (Å²) in [7, 11) is 0. The summed E-state index contributed by atoms with van der Waals surface area (Å²) in [5.74, 6) is 0.382. The second-order valence-corrected chi connectivity index (χ2v) is 7.20. The number of amides is 1. The Hall–Kier alpha value is -1.85. The number of aromatic nitrogens is 2. The van der Waals surface area contributed by atoms with Crippen LogP contribution >= 0.6 is 11.6 Å². The van der Waals surface area contributed by atoms with Crippen LogP contribution in [0.2, 0.25) is 5.02 Å². The highest BCUT2D eigenvalue weighted by Gasteiger charge is 2.25. The van der Waals surface area contributed by atoms with E-state index in [9.17, 15) is 4.79 Å². The van der Waals surface area contributed by atoms with Gasteiger partial charge in [-0.15, -0.1) is 0 Å². The molecule has 0 aliphatic heterocycles. The van der Waals surface area contributed by atoms with Gasteiger partial charge in [-0.05, 0) is 49.9 Å². The van der Waals surface area contributed by atoms with Gasteiger partial charge in [0.05, 0.1) is 16.9 Å². The van der Waals surface area contributed by atoms with Crippen molar-refractivity contribution < 1.29 is 4.79 Å². The Morgan fingerprint density at radius 3 is 2.64 bits per heavy atom. The van der Waals surface area contributed by atoms with Gasteiger partial charge in [0.25, 0.3) is 5.91 Å². The van der Waals surface area contributed by atoms with Gasteiger partial charge in [0.1, 0.15) is 0 Å². The molecule has 3 rings (SSSR count). The first-order valence-corrected chi connectivity index (χ1v) is 9.29. The lowest BCUT2D eigenvalue weighted by Crippen LogP contribution is -2.46. The van der Waals surface area contributed by atoms with Crippen LogP contribution in [0.15, 0.2) is 30.5 Å². The fraction of sp³-hybridized carbons (Fsp3) is 0.474. The maximum atomic E-state index is 12.7. The van der Waals surface area contributed by atoms with E-state index in [1.165, 1.54) is 19.3 Å². The third-order valence-electron chi connectivity index (χ3n) is 5.02. The van der Waals surface area contributed by atoms with Crippen LogP contribution in [0.3, 0.4) is 0 Å². The molecular weight excluding hydrogens is 336 g/mol. The number of nitrogens with one attached hydrogen (secondary N) is 1. The minimum atomic E-state index is -0.0984. The predicted octanol–water partition coefficient (Wildman–Crippen LogP) is 3.47. The van der Waals surface area contributed by atoms with E-state index in [0.29, 0.717) is 28.7 Å². The molecule has 1 unspecified atom stereocenters. The van der Waals surface area contributed by atoms with Crippen LogP contribution in [0.1, 0.15) is 48.2 Å². The highest BCUT2D eigenvalue weighted by Crippen LogP contribution is 2.26. The lowest BCUT2D eigenvalue weighted by Gasteiger charge is -2.30. The zero-order valence-corrected chi connectivity index (χ0v) is 15.3. The second kappa shape index (κ2) is 8.02. The molecule has 1 aliphatic rings. The van der Waals surface area contributed by atoms with Crippen molar-refractivity contribution in [3.05, 3.63) is 46.7 Å². The first kappa shape index (κ1) is 18.0. The summed E-state index contributed by atoms with van der Waals surface area (Å²) >= 11 is 5.93. The molecule has 1 aromatic heterocycles. The maximum Gasteiger partial charge on any atom is 0.255 e. The van der Waals surface area contributed by atoms with Gasteiger partial charge < -0.3 is 11.1 Å². The Morgan fingerprint density at radius 2 is 2.00 bits per heavy atom. The first-order chi connectivity index (χ1) is 12.1. The fourth-order valence-corrected chi connectivity index (χ4v) is 3.69. The number of hydrogen-bond donors (Lipinski definition) is 2. The zero-order chi connectivity index (χ0) is 17.8. The fourth-order valence-electron chi connectivity index (χ4n) is 3.56. The average Bonchev–Trinajstić information content (AvgIpc) is 3.02. The van der Waals surface area contributed by atoms with Gasteiger partial charge >= 0.3 is 0 Å². The molecule has 0 radical (unpaired) electrons. The standard InChI is InChI=1S/C19H25ClN4O/c1-13-17(12-24(23-13)16-9-7-15(20)8-10-16)19(25)22-18(11-21)14-5-3-2-4-6-14/h7-10,12,14,18H,2-6,11,21H2,1H3,(H,22,25). The van der Waals surface area contributed by atoms with E-state index < -0.39 is 0 Å². The van der Waals surface area contributed by atoms with E-state index in [1.54, 1.807) is 23.0 Å². The number of carbonyl (C=O) groups excluding carboxylic acids is 1. The second-order valence-electron chi connectivity index (χ2n) is 6.76. The molecule has 25 heavy (non-hydrogen) atoms. The molecule has 0 saturated heterocycles. The Labute approximate surface area is 153 Å². The van der Waals surface area contributed by atoms with Gasteiger partial charge in [-0.1, -0.05) is 30.9 Å². The molecule has 0 bridgehead atoms. The summed E-state index contributed by atoms with van der Waals surface area (Å²) in [4.78, 5) is 12.7. The Kier molecular flexibility index (Phi) is 5.76. The maximum absolute atomic E-state index is 12.7. The molecule has 1 atom stereocenters. The summed E-state index contributed by atoms with van der Waals surface area (Å²) in [6.45, 7) is 2.32. The summed E-state index contributed by atoms with van der Waals surface area (Å²) < 4.78 is 1.71. The molecule has 1 saturated carbocycles. The summed E-state index contributed by atoms with van der Waals surface area (Å²) in [5.41, 5.74) is 8.09. The number of nitrogens with two attached hydrogens (primary N) is 1. The number of nitrogens with zero attached hydrogens (tertiary/aromatic N) is 2. The van der Waals surface area contributed by atoms with Crippen molar-refractivity contribution in [1.29, 1.82) is 0 Å². The van der Waals surface area contributed by atoms with Crippen LogP contribution in [0.4, 0.5) is 0 Å². The van der Waals surface area contributed by atoms with E-state index in [-0.39, 0.29) is 11.9 Å². The van der Waals surface area contributed by atoms with Gasteiger partial charge in [-0.25, -0.2) is 4.68 Å². The molecular formula is C19H25ClN4O. The van der Waals surface area contributed by atoms with Crippen molar-refractivity contribution >= 4 is 17.5 Å². The topological polar surface area (TPSA) is 72.9 Å². The SMILES string of the molecule is Cc1nn(-c2ccc(Cl)cc2)cc1C(=O)NC(CN)C1CCCCC1. The van der Waals surface area contributed by atoms with Gasteiger partial charge in [0.15, 0.2) is 0 Å². The van der Waals surface area contributed by atoms with Crippen molar-refractivity contribution in [3.63, 3.8) is 0 Å². The quantitative estimate of drug-likeness (QED) is 0.857. The zero-order valence-electron chi connectivity index (χ0n) is 14.5. The summed E-state index contributed by atoms with van der Waals surface area (Å²) in [6.07, 6.45) is 7.79. The van der Waals surface area contributed by atoms with Crippen LogP contribution in [-0.2, 0) is 0 Å². The normalized spacial score (nSPS) is 16.6. The molecule has 2 aromatic rings. The van der Waals surface area contributed by atoms with Gasteiger partial charge in [-0.2, -0.15) is 5.10 Å². The molecule has 1 aromatic carbocycles. The van der Waals surface area contributed by atoms with Crippen LogP contribution in [-0.4, -0.2) is 28.3 Å². The molecule has 6 heteroatoms. The molecule has 1 heterocycles.